The van der Waals surface area contributed by atoms with Crippen molar-refractivity contribution in [1.82, 2.24) is 4.98 Å². The Labute approximate surface area is 76.7 Å². The van der Waals surface area contributed by atoms with Crippen LogP contribution in [-0.2, 0) is 0 Å². The van der Waals surface area contributed by atoms with Crippen LogP contribution in [0.4, 0.5) is 0 Å². The van der Waals surface area contributed by atoms with Gasteiger partial charge in [0.05, 0.1) is 10.4 Å². The van der Waals surface area contributed by atoms with E-state index in [-0.39, 0.29) is 0 Å². The number of halogens is 1. The van der Waals surface area contributed by atoms with Gasteiger partial charge in [-0.2, -0.15) is 0 Å². The number of allylic oxidation sites excluding steroid dienone is 1. The summed E-state index contributed by atoms with van der Waals surface area (Å²) in [6, 6.07) is 1.82. The van der Waals surface area contributed by atoms with Crippen molar-refractivity contribution < 1.29 is 0 Å². The van der Waals surface area contributed by atoms with Crippen molar-refractivity contribution in [3.8, 4) is 0 Å². The lowest BCUT2D eigenvalue weighted by atomic mass is 10.2. The minimum absolute atomic E-state index is 0.620. The number of rotatable bonds is 1. The third kappa shape index (κ3) is 2.21. The molecule has 0 saturated heterocycles. The second kappa shape index (κ2) is 3.55. The van der Waals surface area contributed by atoms with Crippen LogP contribution in [0.25, 0.3) is 12.7 Å². The summed E-state index contributed by atoms with van der Waals surface area (Å²) in [5.41, 5.74) is 0.962. The first-order valence-corrected chi connectivity index (χ1v) is 3.95. The molecule has 1 rings (SSSR count). The lowest BCUT2D eigenvalue weighted by Crippen LogP contribution is -2.25. The highest BCUT2D eigenvalue weighted by Crippen LogP contribution is 1.98. The fraction of sp³-hybridized carbons (Fsp3) is 0.100. The highest BCUT2D eigenvalue weighted by Gasteiger charge is 1.87. The predicted molar refractivity (Wildman–Crippen MR) is 53.3 cm³/mol. The zero-order valence-corrected chi connectivity index (χ0v) is 7.73. The molecule has 0 bridgehead atoms. The van der Waals surface area contributed by atoms with Gasteiger partial charge in [0.15, 0.2) is 0 Å². The molecule has 0 amide bonds. The van der Waals surface area contributed by atoms with Gasteiger partial charge in [0.2, 0.25) is 0 Å². The van der Waals surface area contributed by atoms with E-state index in [0.717, 1.165) is 16.1 Å². The summed E-state index contributed by atoms with van der Waals surface area (Å²) in [5.74, 6) is 0. The summed E-state index contributed by atoms with van der Waals surface area (Å²) in [4.78, 5) is 4.02. The van der Waals surface area contributed by atoms with Gasteiger partial charge in [0.1, 0.15) is 0 Å². The molecule has 0 aromatic carbocycles. The van der Waals surface area contributed by atoms with Crippen molar-refractivity contribution in [3.63, 3.8) is 0 Å². The fourth-order valence-electron chi connectivity index (χ4n) is 0.874. The first-order chi connectivity index (χ1) is 5.59. The SMILES string of the molecule is C=C(C)/C=c1/cc(Cl)cnc1=C. The second-order valence-electron chi connectivity index (χ2n) is 2.68. The Balaban J connectivity index is 3.42. The van der Waals surface area contributed by atoms with Gasteiger partial charge in [-0.05, 0) is 13.0 Å². The second-order valence-corrected chi connectivity index (χ2v) is 3.12. The molecule has 1 aromatic heterocycles. The van der Waals surface area contributed by atoms with Crippen LogP contribution in [0.3, 0.4) is 0 Å². The van der Waals surface area contributed by atoms with Crippen LogP contribution >= 0.6 is 11.6 Å². The zero-order valence-electron chi connectivity index (χ0n) is 6.97. The number of pyridine rings is 1. The smallest absolute Gasteiger partial charge is 0.0631 e. The van der Waals surface area contributed by atoms with Crippen LogP contribution in [0.2, 0.25) is 5.02 Å². The Morgan fingerprint density at radius 2 is 2.33 bits per heavy atom. The molecule has 0 aliphatic carbocycles. The van der Waals surface area contributed by atoms with Gasteiger partial charge in [-0.3, -0.25) is 4.98 Å². The summed E-state index contributed by atoms with van der Waals surface area (Å²) >= 11 is 5.76. The Morgan fingerprint density at radius 1 is 1.67 bits per heavy atom. The fourth-order valence-corrected chi connectivity index (χ4v) is 1.04. The van der Waals surface area contributed by atoms with Gasteiger partial charge in [0.25, 0.3) is 0 Å². The first kappa shape index (κ1) is 9.01. The van der Waals surface area contributed by atoms with E-state index in [4.69, 9.17) is 11.6 Å². The molecule has 0 atom stereocenters. The maximum absolute atomic E-state index is 5.76. The largest absolute Gasteiger partial charge is 0.255 e. The van der Waals surface area contributed by atoms with E-state index in [1.165, 1.54) is 0 Å². The summed E-state index contributed by atoms with van der Waals surface area (Å²) in [5, 5.41) is 2.27. The van der Waals surface area contributed by atoms with Crippen LogP contribution in [0.5, 0.6) is 0 Å². The van der Waals surface area contributed by atoms with Gasteiger partial charge in [0, 0.05) is 11.4 Å². The Morgan fingerprint density at radius 3 is 2.92 bits per heavy atom. The molecular formula is C10H10ClN. The summed E-state index contributed by atoms with van der Waals surface area (Å²) < 4.78 is 0. The number of hydrogen-bond acceptors (Lipinski definition) is 1. The molecule has 0 saturated carbocycles. The lowest BCUT2D eigenvalue weighted by molar-refractivity contribution is 1.23. The third-order valence-electron chi connectivity index (χ3n) is 1.37. The van der Waals surface area contributed by atoms with Gasteiger partial charge in [-0.1, -0.05) is 36.4 Å². The minimum Gasteiger partial charge on any atom is -0.255 e. The van der Waals surface area contributed by atoms with Crippen molar-refractivity contribution in [1.29, 1.82) is 0 Å². The van der Waals surface area contributed by atoms with E-state index in [9.17, 15) is 0 Å². The van der Waals surface area contributed by atoms with Crippen molar-refractivity contribution >= 4 is 24.3 Å². The average molecular weight is 180 g/mol. The molecule has 62 valence electrons. The van der Waals surface area contributed by atoms with E-state index < -0.39 is 0 Å². The van der Waals surface area contributed by atoms with E-state index in [1.54, 1.807) is 6.20 Å². The average Bonchev–Trinajstić information content (AvgIpc) is 1.96. The molecule has 0 unspecified atom stereocenters. The molecular weight excluding hydrogens is 170 g/mol. The monoisotopic (exact) mass is 179 g/mol. The summed E-state index contributed by atoms with van der Waals surface area (Å²) in [7, 11) is 0. The van der Waals surface area contributed by atoms with Crippen LogP contribution < -0.4 is 10.6 Å². The van der Waals surface area contributed by atoms with E-state index >= 15 is 0 Å². The molecule has 0 N–H and O–H groups in total. The van der Waals surface area contributed by atoms with Crippen molar-refractivity contribution in [2.24, 2.45) is 0 Å². The summed E-state index contributed by atoms with van der Waals surface area (Å²) in [6.07, 6.45) is 3.49. The molecule has 12 heavy (non-hydrogen) atoms. The predicted octanol–water partition coefficient (Wildman–Crippen LogP) is 1.50. The lowest BCUT2D eigenvalue weighted by Gasteiger charge is -1.90. The van der Waals surface area contributed by atoms with Gasteiger partial charge < -0.3 is 0 Å². The van der Waals surface area contributed by atoms with Crippen LogP contribution in [-0.4, -0.2) is 4.98 Å². The molecule has 0 fully saturated rings. The number of hydrogen-bond donors (Lipinski definition) is 0. The maximum Gasteiger partial charge on any atom is 0.0631 e. The molecule has 0 aliphatic heterocycles. The van der Waals surface area contributed by atoms with Crippen LogP contribution in [0.15, 0.2) is 24.4 Å². The molecule has 0 aliphatic rings. The minimum atomic E-state index is 0.620. The Bertz CT molecular complexity index is 406. The number of nitrogens with zero attached hydrogens (tertiary/aromatic N) is 1. The maximum atomic E-state index is 5.76. The van der Waals surface area contributed by atoms with Crippen molar-refractivity contribution in [2.75, 3.05) is 0 Å². The van der Waals surface area contributed by atoms with Gasteiger partial charge >= 0.3 is 0 Å². The highest BCUT2D eigenvalue weighted by atomic mass is 35.5. The summed E-state index contributed by atoms with van der Waals surface area (Å²) in [6.45, 7) is 9.46. The number of aromatic nitrogens is 1. The zero-order chi connectivity index (χ0) is 9.14. The molecule has 0 radical (unpaired) electrons. The Kier molecular flexibility index (Phi) is 2.66. The van der Waals surface area contributed by atoms with Crippen LogP contribution in [0, 0.1) is 0 Å². The molecule has 1 heterocycles. The van der Waals surface area contributed by atoms with Crippen molar-refractivity contribution in [2.45, 2.75) is 6.92 Å². The molecule has 1 aromatic rings. The van der Waals surface area contributed by atoms with E-state index in [1.807, 2.05) is 19.1 Å². The standard InChI is InChI=1S/C10H10ClN/c1-7(2)4-9-5-10(11)6-12-8(9)3/h4-6H,1,3H2,2H3/b9-4-. The normalized spacial score (nSPS) is 11.7. The highest BCUT2D eigenvalue weighted by molar-refractivity contribution is 6.30. The van der Waals surface area contributed by atoms with Crippen molar-refractivity contribution in [3.05, 3.63) is 40.0 Å². The quantitative estimate of drug-likeness (QED) is 0.637. The van der Waals surface area contributed by atoms with E-state index in [0.29, 0.717) is 5.02 Å². The molecule has 2 heteroatoms. The van der Waals surface area contributed by atoms with E-state index in [2.05, 4.69) is 18.1 Å². The molecule has 0 spiro atoms. The third-order valence-corrected chi connectivity index (χ3v) is 1.58. The van der Waals surface area contributed by atoms with Gasteiger partial charge in [-0.25, -0.2) is 0 Å². The molecule has 1 nitrogen and oxygen atoms in total. The van der Waals surface area contributed by atoms with Crippen LogP contribution in [0.1, 0.15) is 6.92 Å². The topological polar surface area (TPSA) is 12.9 Å². The Hall–Kier alpha value is -1.08. The first-order valence-electron chi connectivity index (χ1n) is 3.57. The van der Waals surface area contributed by atoms with Gasteiger partial charge in [-0.15, -0.1) is 0 Å².